The molecule has 0 radical (unpaired) electrons. The van der Waals surface area contributed by atoms with E-state index < -0.39 is 11.8 Å². The average molecular weight is 347 g/mol. The molecule has 1 aliphatic rings. The highest BCUT2D eigenvalue weighted by atomic mass is 32.1. The first-order valence-electron chi connectivity index (χ1n) is 7.40. The Morgan fingerprint density at radius 3 is 2.96 bits per heavy atom. The molecular weight excluding hydrogens is 333 g/mol. The Morgan fingerprint density at radius 1 is 1.50 bits per heavy atom. The van der Waals surface area contributed by atoms with Crippen LogP contribution in [0.15, 0.2) is 24.3 Å². The Labute approximate surface area is 141 Å². The van der Waals surface area contributed by atoms with Crippen molar-refractivity contribution in [3.63, 3.8) is 0 Å². The van der Waals surface area contributed by atoms with Crippen molar-refractivity contribution in [2.45, 2.75) is 18.9 Å². The molecule has 7 heteroatoms. The molecule has 1 atom stereocenters. The van der Waals surface area contributed by atoms with Crippen molar-refractivity contribution in [2.75, 3.05) is 13.2 Å². The lowest BCUT2D eigenvalue weighted by atomic mass is 10.1. The largest absolute Gasteiger partial charge is 0.489 e. The summed E-state index contributed by atoms with van der Waals surface area (Å²) in [6, 6.07) is 8.11. The van der Waals surface area contributed by atoms with Crippen LogP contribution in [0, 0.1) is 17.1 Å². The zero-order chi connectivity index (χ0) is 17.1. The molecule has 3 rings (SSSR count). The van der Waals surface area contributed by atoms with E-state index in [4.69, 9.17) is 14.6 Å². The van der Waals surface area contributed by atoms with Gasteiger partial charge in [-0.2, -0.15) is 5.26 Å². The van der Waals surface area contributed by atoms with Gasteiger partial charge in [-0.05, 0) is 42.7 Å². The number of carboxylic acids is 1. The minimum atomic E-state index is -1.30. The minimum Gasteiger partial charge on any atom is -0.489 e. The van der Waals surface area contributed by atoms with Gasteiger partial charge in [-0.3, -0.25) is 0 Å². The van der Waals surface area contributed by atoms with Gasteiger partial charge in [-0.1, -0.05) is 0 Å². The van der Waals surface area contributed by atoms with Crippen LogP contribution in [0.5, 0.6) is 5.75 Å². The molecule has 1 aliphatic heterocycles. The standard InChI is InChI=1S/C17H14FNO4S/c18-13-7-15(24-16(13)17(20)21)10-3-4-14(11(6-10)8-19)23-9-12-2-1-5-22-12/h3-4,6-7,12H,1-2,5,9H2,(H,20,21). The number of benzene rings is 1. The third kappa shape index (κ3) is 3.40. The van der Waals surface area contributed by atoms with Crippen molar-refractivity contribution in [3.8, 4) is 22.3 Å². The van der Waals surface area contributed by atoms with Crippen molar-refractivity contribution in [3.05, 3.63) is 40.5 Å². The summed E-state index contributed by atoms with van der Waals surface area (Å²) in [7, 11) is 0. The fourth-order valence-corrected chi connectivity index (χ4v) is 3.38. The summed E-state index contributed by atoms with van der Waals surface area (Å²) in [6.45, 7) is 1.11. The summed E-state index contributed by atoms with van der Waals surface area (Å²) >= 11 is 0.835. The van der Waals surface area contributed by atoms with Crippen LogP contribution >= 0.6 is 11.3 Å². The molecule has 0 spiro atoms. The molecule has 24 heavy (non-hydrogen) atoms. The summed E-state index contributed by atoms with van der Waals surface area (Å²) < 4.78 is 24.8. The molecule has 124 valence electrons. The molecule has 0 amide bonds. The van der Waals surface area contributed by atoms with Crippen LogP contribution in [0.25, 0.3) is 10.4 Å². The molecule has 1 aromatic carbocycles. The lowest BCUT2D eigenvalue weighted by Gasteiger charge is -2.13. The lowest BCUT2D eigenvalue weighted by Crippen LogP contribution is -2.16. The van der Waals surface area contributed by atoms with Gasteiger partial charge in [0.1, 0.15) is 29.1 Å². The van der Waals surface area contributed by atoms with Crippen LogP contribution < -0.4 is 4.74 Å². The Morgan fingerprint density at radius 2 is 2.33 bits per heavy atom. The van der Waals surface area contributed by atoms with Crippen LogP contribution in [0.2, 0.25) is 0 Å². The van der Waals surface area contributed by atoms with E-state index in [1.54, 1.807) is 18.2 Å². The molecule has 2 heterocycles. The zero-order valence-electron chi connectivity index (χ0n) is 12.6. The number of hydrogen-bond acceptors (Lipinski definition) is 5. The molecule has 0 saturated carbocycles. The Hall–Kier alpha value is -2.43. The highest BCUT2D eigenvalue weighted by Crippen LogP contribution is 2.33. The van der Waals surface area contributed by atoms with Gasteiger partial charge < -0.3 is 14.6 Å². The molecular formula is C17H14FNO4S. The lowest BCUT2D eigenvalue weighted by molar-refractivity contribution is 0.0678. The van der Waals surface area contributed by atoms with Crippen molar-refractivity contribution in [1.29, 1.82) is 5.26 Å². The van der Waals surface area contributed by atoms with E-state index in [1.807, 2.05) is 0 Å². The van der Waals surface area contributed by atoms with Gasteiger partial charge in [-0.25, -0.2) is 9.18 Å². The van der Waals surface area contributed by atoms with Crippen molar-refractivity contribution < 1.29 is 23.8 Å². The fraction of sp³-hybridized carbons (Fsp3) is 0.294. The third-order valence-corrected chi connectivity index (χ3v) is 4.86. The number of carboxylic acid groups (broad SMARTS) is 1. The molecule has 2 aromatic rings. The van der Waals surface area contributed by atoms with Crippen LogP contribution in [0.1, 0.15) is 28.1 Å². The molecule has 0 bridgehead atoms. The van der Waals surface area contributed by atoms with Gasteiger partial charge in [0.15, 0.2) is 0 Å². The SMILES string of the molecule is N#Cc1cc(-c2cc(F)c(C(=O)O)s2)ccc1OCC1CCCO1. The number of aromatic carboxylic acids is 1. The molecule has 1 saturated heterocycles. The molecule has 1 N–H and O–H groups in total. The molecule has 5 nitrogen and oxygen atoms in total. The van der Waals surface area contributed by atoms with Gasteiger partial charge >= 0.3 is 5.97 Å². The number of nitrogens with zero attached hydrogens (tertiary/aromatic N) is 1. The normalized spacial score (nSPS) is 16.8. The molecule has 1 unspecified atom stereocenters. The first-order valence-corrected chi connectivity index (χ1v) is 8.21. The van der Waals surface area contributed by atoms with Crippen LogP contribution in [-0.4, -0.2) is 30.4 Å². The summed E-state index contributed by atoms with van der Waals surface area (Å²) in [4.78, 5) is 11.0. The van der Waals surface area contributed by atoms with E-state index in [-0.39, 0.29) is 11.0 Å². The maximum atomic E-state index is 13.6. The Balaban J connectivity index is 1.82. The number of thiophene rings is 1. The highest BCUT2D eigenvalue weighted by molar-refractivity contribution is 7.17. The predicted molar refractivity (Wildman–Crippen MR) is 85.9 cm³/mol. The Bertz CT molecular complexity index is 805. The van der Waals surface area contributed by atoms with Crippen molar-refractivity contribution in [2.24, 2.45) is 0 Å². The van der Waals surface area contributed by atoms with E-state index in [1.165, 1.54) is 0 Å². The van der Waals surface area contributed by atoms with E-state index in [2.05, 4.69) is 6.07 Å². The van der Waals surface area contributed by atoms with Gasteiger partial charge in [0.2, 0.25) is 0 Å². The first kappa shape index (κ1) is 16.4. The van der Waals surface area contributed by atoms with Gasteiger partial charge in [0.05, 0.1) is 11.7 Å². The number of carbonyl (C=O) groups is 1. The maximum Gasteiger partial charge on any atom is 0.348 e. The molecule has 1 fully saturated rings. The minimum absolute atomic E-state index is 0.0423. The summed E-state index contributed by atoms with van der Waals surface area (Å²) in [6.07, 6.45) is 1.99. The summed E-state index contributed by atoms with van der Waals surface area (Å²) in [5.74, 6) is -1.65. The van der Waals surface area contributed by atoms with Gasteiger partial charge in [-0.15, -0.1) is 11.3 Å². The third-order valence-electron chi connectivity index (χ3n) is 3.71. The highest BCUT2D eigenvalue weighted by Gasteiger charge is 2.19. The second-order valence-corrected chi connectivity index (χ2v) is 6.41. The zero-order valence-corrected chi connectivity index (χ0v) is 13.4. The van der Waals surface area contributed by atoms with Crippen LogP contribution in [0.3, 0.4) is 0 Å². The maximum absolute atomic E-state index is 13.6. The Kier molecular flexibility index (Phi) is 4.79. The number of ether oxygens (including phenoxy) is 2. The van der Waals surface area contributed by atoms with Gasteiger partial charge in [0.25, 0.3) is 0 Å². The number of rotatable bonds is 5. The van der Waals surface area contributed by atoms with Crippen LogP contribution in [-0.2, 0) is 4.74 Å². The quantitative estimate of drug-likeness (QED) is 0.892. The van der Waals surface area contributed by atoms with E-state index >= 15 is 0 Å². The summed E-state index contributed by atoms with van der Waals surface area (Å²) in [5, 5.41) is 18.2. The van der Waals surface area contributed by atoms with Crippen molar-refractivity contribution >= 4 is 17.3 Å². The van der Waals surface area contributed by atoms with Gasteiger partial charge in [0, 0.05) is 11.5 Å². The monoisotopic (exact) mass is 347 g/mol. The second-order valence-electron chi connectivity index (χ2n) is 5.36. The number of nitriles is 1. The van der Waals surface area contributed by atoms with E-state index in [0.29, 0.717) is 28.4 Å². The number of halogens is 1. The smallest absolute Gasteiger partial charge is 0.348 e. The first-order chi connectivity index (χ1) is 11.6. The topological polar surface area (TPSA) is 79.6 Å². The van der Waals surface area contributed by atoms with Crippen molar-refractivity contribution in [1.82, 2.24) is 0 Å². The molecule has 1 aromatic heterocycles. The van der Waals surface area contributed by atoms with E-state index in [9.17, 15) is 14.4 Å². The fourth-order valence-electron chi connectivity index (χ4n) is 2.51. The van der Waals surface area contributed by atoms with E-state index in [0.717, 1.165) is 36.9 Å². The van der Waals surface area contributed by atoms with Crippen LogP contribution in [0.4, 0.5) is 4.39 Å². The summed E-state index contributed by atoms with van der Waals surface area (Å²) in [5.41, 5.74) is 0.892. The molecule has 0 aliphatic carbocycles. The average Bonchev–Trinajstić information content (AvgIpc) is 3.22. The second kappa shape index (κ2) is 6.99. The number of hydrogen-bond donors (Lipinski definition) is 1. The predicted octanol–water partition coefficient (Wildman–Crippen LogP) is 3.68.